The zero-order valence-electron chi connectivity index (χ0n) is 26.9. The molecule has 10 aromatic rings. The van der Waals surface area contributed by atoms with Crippen LogP contribution in [0.25, 0.3) is 93.0 Å². The van der Waals surface area contributed by atoms with Gasteiger partial charge in [-0.2, -0.15) is 0 Å². The van der Waals surface area contributed by atoms with Crippen molar-refractivity contribution in [1.29, 1.82) is 0 Å². The predicted octanol–water partition coefficient (Wildman–Crippen LogP) is 12.0. The first-order valence-corrected chi connectivity index (χ1v) is 17.5. The molecule has 0 unspecified atom stereocenters. The van der Waals surface area contributed by atoms with Gasteiger partial charge in [-0.1, -0.05) is 127 Å². The summed E-state index contributed by atoms with van der Waals surface area (Å²) < 4.78 is 4.91. The standard InChI is InChI=1S/C45H28N4S/c1-4-13-29(14-5-1)32-23-25-35-34-19-10-11-20-37(34)49(39(35)28-32)38-21-12-22-41-42(38)36-27-33(24-26-40(36)50-41)45-47-43(30-15-6-2-7-16-30)46-44(48-45)31-17-8-3-9-18-31/h1-28H. The maximum Gasteiger partial charge on any atom is 0.164 e. The lowest BCUT2D eigenvalue weighted by atomic mass is 10.0. The van der Waals surface area contributed by atoms with Crippen LogP contribution in [0, 0.1) is 0 Å². The van der Waals surface area contributed by atoms with E-state index in [0.29, 0.717) is 17.5 Å². The highest BCUT2D eigenvalue weighted by Gasteiger charge is 2.19. The third-order valence-corrected chi connectivity index (χ3v) is 10.6. The molecule has 0 bridgehead atoms. The molecular weight excluding hydrogens is 629 g/mol. The Morgan fingerprint density at radius 2 is 0.940 bits per heavy atom. The molecular formula is C45H28N4S. The van der Waals surface area contributed by atoms with Crippen molar-refractivity contribution >= 4 is 53.3 Å². The second-order valence-electron chi connectivity index (χ2n) is 12.5. The number of nitrogens with zero attached hydrogens (tertiary/aromatic N) is 4. The average Bonchev–Trinajstić information content (AvgIpc) is 3.74. The van der Waals surface area contributed by atoms with Gasteiger partial charge in [0.05, 0.1) is 16.7 Å². The van der Waals surface area contributed by atoms with Crippen LogP contribution in [0.1, 0.15) is 0 Å². The molecule has 0 N–H and O–H groups in total. The molecule has 10 rings (SSSR count). The molecule has 0 radical (unpaired) electrons. The van der Waals surface area contributed by atoms with Crippen molar-refractivity contribution < 1.29 is 0 Å². The highest BCUT2D eigenvalue weighted by atomic mass is 32.1. The van der Waals surface area contributed by atoms with Gasteiger partial charge in [-0.3, -0.25) is 0 Å². The molecule has 0 aliphatic rings. The Hall–Kier alpha value is -6.43. The predicted molar refractivity (Wildman–Crippen MR) is 209 cm³/mol. The highest BCUT2D eigenvalue weighted by Crippen LogP contribution is 2.42. The number of fused-ring (bicyclic) bond motifs is 6. The quantitative estimate of drug-likeness (QED) is 0.185. The minimum atomic E-state index is 0.654. The van der Waals surface area contributed by atoms with E-state index in [9.17, 15) is 0 Å². The number of hydrogen-bond donors (Lipinski definition) is 0. The molecule has 0 spiro atoms. The van der Waals surface area contributed by atoms with Crippen molar-refractivity contribution in [2.45, 2.75) is 0 Å². The molecule has 0 aliphatic heterocycles. The Morgan fingerprint density at radius 3 is 1.64 bits per heavy atom. The second kappa shape index (κ2) is 11.6. The fraction of sp³-hybridized carbons (Fsp3) is 0. The summed E-state index contributed by atoms with van der Waals surface area (Å²) in [6.07, 6.45) is 0. The molecule has 234 valence electrons. The van der Waals surface area contributed by atoms with Gasteiger partial charge in [0.1, 0.15) is 0 Å². The number of hydrogen-bond acceptors (Lipinski definition) is 4. The molecule has 0 atom stereocenters. The molecule has 4 nitrogen and oxygen atoms in total. The van der Waals surface area contributed by atoms with Crippen LogP contribution < -0.4 is 0 Å². The zero-order chi connectivity index (χ0) is 33.0. The third-order valence-electron chi connectivity index (χ3n) is 9.45. The first kappa shape index (κ1) is 28.6. The SMILES string of the molecule is c1ccc(-c2ccc3c4ccccc4n(-c4cccc5sc6ccc(-c7nc(-c8ccccc8)nc(-c8ccccc8)n7)cc6c45)c3c2)cc1. The van der Waals surface area contributed by atoms with Crippen molar-refractivity contribution in [3.8, 4) is 51.0 Å². The van der Waals surface area contributed by atoms with Gasteiger partial charge in [0.25, 0.3) is 0 Å². The van der Waals surface area contributed by atoms with Crippen LogP contribution >= 0.6 is 11.3 Å². The number of rotatable bonds is 5. The van der Waals surface area contributed by atoms with Crippen molar-refractivity contribution in [3.05, 3.63) is 170 Å². The van der Waals surface area contributed by atoms with E-state index in [1.807, 2.05) is 72.0 Å². The molecule has 0 saturated carbocycles. The lowest BCUT2D eigenvalue weighted by Crippen LogP contribution is -2.00. The Bertz CT molecular complexity index is 2800. The Morgan fingerprint density at radius 1 is 0.360 bits per heavy atom. The summed E-state index contributed by atoms with van der Waals surface area (Å²) in [6, 6.07) is 59.8. The van der Waals surface area contributed by atoms with Crippen molar-refractivity contribution in [3.63, 3.8) is 0 Å². The van der Waals surface area contributed by atoms with E-state index < -0.39 is 0 Å². The smallest absolute Gasteiger partial charge is 0.164 e. The first-order valence-electron chi connectivity index (χ1n) is 16.7. The molecule has 0 fully saturated rings. The second-order valence-corrected chi connectivity index (χ2v) is 13.5. The van der Waals surface area contributed by atoms with E-state index >= 15 is 0 Å². The molecule has 7 aromatic carbocycles. The molecule has 3 heterocycles. The summed E-state index contributed by atoms with van der Waals surface area (Å²) in [5, 5.41) is 4.89. The van der Waals surface area contributed by atoms with E-state index in [1.165, 1.54) is 53.1 Å². The topological polar surface area (TPSA) is 43.6 Å². The fourth-order valence-electron chi connectivity index (χ4n) is 7.11. The zero-order valence-corrected chi connectivity index (χ0v) is 27.7. The fourth-order valence-corrected chi connectivity index (χ4v) is 8.22. The van der Waals surface area contributed by atoms with Crippen LogP contribution in [0.4, 0.5) is 0 Å². The van der Waals surface area contributed by atoms with Crippen LogP contribution in [-0.4, -0.2) is 19.5 Å². The number of thiophene rings is 1. The summed E-state index contributed by atoms with van der Waals surface area (Å²) in [4.78, 5) is 15.0. The minimum absolute atomic E-state index is 0.654. The van der Waals surface area contributed by atoms with Crippen LogP contribution in [0.15, 0.2) is 170 Å². The molecule has 0 saturated heterocycles. The van der Waals surface area contributed by atoms with Crippen molar-refractivity contribution in [2.24, 2.45) is 0 Å². The van der Waals surface area contributed by atoms with E-state index in [2.05, 4.69) is 114 Å². The molecule has 0 amide bonds. The maximum atomic E-state index is 5.04. The Kier molecular flexibility index (Phi) is 6.64. The highest BCUT2D eigenvalue weighted by molar-refractivity contribution is 7.25. The lowest BCUT2D eigenvalue weighted by Gasteiger charge is -2.12. The normalized spacial score (nSPS) is 11.6. The number of para-hydroxylation sites is 1. The Balaban J connectivity index is 1.22. The van der Waals surface area contributed by atoms with Crippen LogP contribution in [-0.2, 0) is 0 Å². The summed E-state index contributed by atoms with van der Waals surface area (Å²) in [5.74, 6) is 1.97. The van der Waals surface area contributed by atoms with Gasteiger partial charge >= 0.3 is 0 Å². The summed E-state index contributed by atoms with van der Waals surface area (Å²) >= 11 is 1.82. The minimum Gasteiger partial charge on any atom is -0.309 e. The molecule has 0 aliphatic carbocycles. The van der Waals surface area contributed by atoms with E-state index in [1.54, 1.807) is 0 Å². The Labute approximate surface area is 292 Å². The number of aromatic nitrogens is 4. The van der Waals surface area contributed by atoms with Crippen LogP contribution in [0.5, 0.6) is 0 Å². The lowest BCUT2D eigenvalue weighted by molar-refractivity contribution is 1.07. The summed E-state index contributed by atoms with van der Waals surface area (Å²) in [5.41, 5.74) is 8.81. The molecule has 50 heavy (non-hydrogen) atoms. The van der Waals surface area contributed by atoms with Gasteiger partial charge in [-0.05, 0) is 53.6 Å². The van der Waals surface area contributed by atoms with E-state index in [-0.39, 0.29) is 0 Å². The molecule has 3 aromatic heterocycles. The average molecular weight is 657 g/mol. The van der Waals surface area contributed by atoms with Crippen molar-refractivity contribution in [2.75, 3.05) is 0 Å². The van der Waals surface area contributed by atoms with Gasteiger partial charge < -0.3 is 4.57 Å². The summed E-state index contributed by atoms with van der Waals surface area (Å²) in [7, 11) is 0. The first-order chi connectivity index (χ1) is 24.8. The van der Waals surface area contributed by atoms with Gasteiger partial charge in [-0.25, -0.2) is 15.0 Å². The number of benzene rings is 7. The van der Waals surface area contributed by atoms with Crippen molar-refractivity contribution in [1.82, 2.24) is 19.5 Å². The monoisotopic (exact) mass is 656 g/mol. The van der Waals surface area contributed by atoms with Gasteiger partial charge in [0.2, 0.25) is 0 Å². The maximum absolute atomic E-state index is 5.04. The van der Waals surface area contributed by atoms with E-state index in [0.717, 1.165) is 22.4 Å². The van der Waals surface area contributed by atoms with Crippen LogP contribution in [0.3, 0.4) is 0 Å². The third kappa shape index (κ3) is 4.71. The van der Waals surface area contributed by atoms with Gasteiger partial charge in [0, 0.05) is 47.6 Å². The summed E-state index contributed by atoms with van der Waals surface area (Å²) in [6.45, 7) is 0. The van der Waals surface area contributed by atoms with Crippen LogP contribution in [0.2, 0.25) is 0 Å². The van der Waals surface area contributed by atoms with Gasteiger partial charge in [0.15, 0.2) is 17.5 Å². The largest absolute Gasteiger partial charge is 0.309 e. The van der Waals surface area contributed by atoms with Gasteiger partial charge in [-0.15, -0.1) is 11.3 Å². The molecule has 5 heteroatoms. The van der Waals surface area contributed by atoms with E-state index in [4.69, 9.17) is 15.0 Å².